The van der Waals surface area contributed by atoms with Gasteiger partial charge in [-0.05, 0) is 30.2 Å². The Bertz CT molecular complexity index is 687. The van der Waals surface area contributed by atoms with E-state index in [2.05, 4.69) is 10.3 Å². The van der Waals surface area contributed by atoms with Crippen LogP contribution in [-0.4, -0.2) is 17.6 Å². The van der Waals surface area contributed by atoms with E-state index in [1.54, 1.807) is 18.2 Å². The SMILES string of the molecule is CCCNC(=O)Oc1cccc(-c2cncc(C(F)(F)F)c2)c1. The van der Waals surface area contributed by atoms with E-state index in [0.29, 0.717) is 17.7 Å². The van der Waals surface area contributed by atoms with Crippen LogP contribution in [0.2, 0.25) is 0 Å². The zero-order valence-electron chi connectivity index (χ0n) is 12.4. The summed E-state index contributed by atoms with van der Waals surface area (Å²) in [6.45, 7) is 2.39. The third kappa shape index (κ3) is 4.70. The Hall–Kier alpha value is -2.57. The van der Waals surface area contributed by atoms with E-state index in [0.717, 1.165) is 18.7 Å². The molecule has 0 spiro atoms. The van der Waals surface area contributed by atoms with Crippen molar-refractivity contribution in [3.63, 3.8) is 0 Å². The quantitative estimate of drug-likeness (QED) is 0.914. The molecule has 23 heavy (non-hydrogen) atoms. The highest BCUT2D eigenvalue weighted by atomic mass is 19.4. The van der Waals surface area contributed by atoms with Gasteiger partial charge >= 0.3 is 12.3 Å². The van der Waals surface area contributed by atoms with E-state index < -0.39 is 17.8 Å². The number of nitrogens with zero attached hydrogens (tertiary/aromatic N) is 1. The van der Waals surface area contributed by atoms with Crippen LogP contribution >= 0.6 is 0 Å². The van der Waals surface area contributed by atoms with Crippen LogP contribution in [0.5, 0.6) is 5.75 Å². The number of aromatic nitrogens is 1. The van der Waals surface area contributed by atoms with Gasteiger partial charge in [-0.25, -0.2) is 4.79 Å². The Morgan fingerprint density at radius 3 is 2.70 bits per heavy atom. The monoisotopic (exact) mass is 324 g/mol. The van der Waals surface area contributed by atoms with Crippen molar-refractivity contribution in [2.24, 2.45) is 0 Å². The first kappa shape index (κ1) is 16.8. The average molecular weight is 324 g/mol. The molecule has 0 aliphatic carbocycles. The van der Waals surface area contributed by atoms with Crippen LogP contribution in [0.4, 0.5) is 18.0 Å². The number of amides is 1. The summed E-state index contributed by atoms with van der Waals surface area (Å²) in [5, 5.41) is 2.55. The van der Waals surface area contributed by atoms with Crippen LogP contribution in [0, 0.1) is 0 Å². The van der Waals surface area contributed by atoms with Crippen LogP contribution in [-0.2, 0) is 6.18 Å². The molecule has 0 bridgehead atoms. The first-order chi connectivity index (χ1) is 10.9. The highest BCUT2D eigenvalue weighted by Crippen LogP contribution is 2.32. The molecule has 0 atom stereocenters. The van der Waals surface area contributed by atoms with Gasteiger partial charge in [0.1, 0.15) is 5.75 Å². The molecule has 122 valence electrons. The van der Waals surface area contributed by atoms with Crippen LogP contribution in [0.15, 0.2) is 42.7 Å². The first-order valence-corrected chi connectivity index (χ1v) is 6.98. The molecule has 0 radical (unpaired) electrons. The molecular weight excluding hydrogens is 309 g/mol. The number of ether oxygens (including phenoxy) is 1. The fraction of sp³-hybridized carbons (Fsp3) is 0.250. The first-order valence-electron chi connectivity index (χ1n) is 6.98. The minimum absolute atomic E-state index is 0.244. The summed E-state index contributed by atoms with van der Waals surface area (Å²) in [7, 11) is 0. The molecule has 0 saturated carbocycles. The molecule has 0 unspecified atom stereocenters. The number of hydrogen-bond donors (Lipinski definition) is 1. The second kappa shape index (κ2) is 7.13. The Balaban J connectivity index is 2.21. The van der Waals surface area contributed by atoms with Gasteiger partial charge in [-0.1, -0.05) is 19.1 Å². The van der Waals surface area contributed by atoms with Crippen molar-refractivity contribution in [2.75, 3.05) is 6.54 Å². The number of halogens is 3. The molecule has 0 aliphatic rings. The largest absolute Gasteiger partial charge is 0.417 e. The Morgan fingerprint density at radius 1 is 1.22 bits per heavy atom. The fourth-order valence-electron chi connectivity index (χ4n) is 1.86. The normalized spacial score (nSPS) is 11.1. The zero-order chi connectivity index (χ0) is 16.9. The highest BCUT2D eigenvalue weighted by molar-refractivity contribution is 5.72. The lowest BCUT2D eigenvalue weighted by Crippen LogP contribution is -2.27. The Labute approximate surface area is 131 Å². The number of carbonyl (C=O) groups excluding carboxylic acids is 1. The fourth-order valence-corrected chi connectivity index (χ4v) is 1.86. The maximum Gasteiger partial charge on any atom is 0.417 e. The van der Waals surface area contributed by atoms with Gasteiger partial charge in [-0.2, -0.15) is 13.2 Å². The summed E-state index contributed by atoms with van der Waals surface area (Å²) in [5.41, 5.74) is -0.0642. The van der Waals surface area contributed by atoms with Gasteiger partial charge in [0.25, 0.3) is 0 Å². The molecule has 1 N–H and O–H groups in total. The van der Waals surface area contributed by atoms with Gasteiger partial charge in [0, 0.05) is 24.5 Å². The maximum atomic E-state index is 12.7. The molecule has 2 rings (SSSR count). The third-order valence-electron chi connectivity index (χ3n) is 2.96. The Kier molecular flexibility index (Phi) is 5.20. The van der Waals surface area contributed by atoms with Crippen molar-refractivity contribution in [3.05, 3.63) is 48.3 Å². The second-order valence-electron chi connectivity index (χ2n) is 4.80. The minimum Gasteiger partial charge on any atom is -0.410 e. The molecule has 2 aromatic rings. The van der Waals surface area contributed by atoms with E-state index in [4.69, 9.17) is 4.74 Å². The van der Waals surface area contributed by atoms with Gasteiger partial charge < -0.3 is 10.1 Å². The third-order valence-corrected chi connectivity index (χ3v) is 2.96. The number of nitrogens with one attached hydrogen (secondary N) is 1. The summed E-state index contributed by atoms with van der Waals surface area (Å²) in [5.74, 6) is 0.244. The molecule has 0 fully saturated rings. The molecule has 1 heterocycles. The zero-order valence-corrected chi connectivity index (χ0v) is 12.4. The minimum atomic E-state index is -4.46. The van der Waals surface area contributed by atoms with Gasteiger partial charge in [-0.15, -0.1) is 0 Å². The number of alkyl halides is 3. The van der Waals surface area contributed by atoms with Crippen molar-refractivity contribution >= 4 is 6.09 Å². The van der Waals surface area contributed by atoms with Crippen molar-refractivity contribution in [1.29, 1.82) is 0 Å². The van der Waals surface area contributed by atoms with Crippen molar-refractivity contribution < 1.29 is 22.7 Å². The van der Waals surface area contributed by atoms with Gasteiger partial charge in [0.2, 0.25) is 0 Å². The molecule has 4 nitrogen and oxygen atoms in total. The lowest BCUT2D eigenvalue weighted by atomic mass is 10.1. The average Bonchev–Trinajstić information content (AvgIpc) is 2.52. The van der Waals surface area contributed by atoms with E-state index >= 15 is 0 Å². The molecule has 0 aliphatic heterocycles. The van der Waals surface area contributed by atoms with Crippen LogP contribution in [0.3, 0.4) is 0 Å². The predicted molar refractivity (Wildman–Crippen MR) is 79.0 cm³/mol. The molecule has 1 aromatic heterocycles. The number of hydrogen-bond acceptors (Lipinski definition) is 3. The highest BCUT2D eigenvalue weighted by Gasteiger charge is 2.31. The van der Waals surface area contributed by atoms with Crippen molar-refractivity contribution in [3.8, 4) is 16.9 Å². The maximum absolute atomic E-state index is 12.7. The van der Waals surface area contributed by atoms with Gasteiger partial charge in [0.05, 0.1) is 5.56 Å². The van der Waals surface area contributed by atoms with E-state index in [9.17, 15) is 18.0 Å². The summed E-state index contributed by atoms with van der Waals surface area (Å²) in [6.07, 6.45) is -2.21. The molecular formula is C16H15F3N2O2. The Morgan fingerprint density at radius 2 is 2.00 bits per heavy atom. The van der Waals surface area contributed by atoms with Crippen LogP contribution < -0.4 is 10.1 Å². The smallest absolute Gasteiger partial charge is 0.410 e. The van der Waals surface area contributed by atoms with Gasteiger partial charge in [0.15, 0.2) is 0 Å². The van der Waals surface area contributed by atoms with Crippen molar-refractivity contribution in [2.45, 2.75) is 19.5 Å². The van der Waals surface area contributed by atoms with E-state index in [1.165, 1.54) is 12.3 Å². The summed E-state index contributed by atoms with van der Waals surface area (Å²) >= 11 is 0. The number of rotatable bonds is 4. The predicted octanol–water partition coefficient (Wildman–Crippen LogP) is 4.27. The standard InChI is InChI=1S/C16H15F3N2O2/c1-2-6-21-15(22)23-14-5-3-4-11(8-14)12-7-13(10-20-9-12)16(17,18)19/h3-5,7-10H,2,6H2,1H3,(H,21,22). The van der Waals surface area contributed by atoms with Crippen LogP contribution in [0.1, 0.15) is 18.9 Å². The second-order valence-corrected chi connectivity index (χ2v) is 4.80. The summed E-state index contributed by atoms with van der Waals surface area (Å²) in [6, 6.07) is 7.26. The number of carbonyl (C=O) groups is 1. The topological polar surface area (TPSA) is 51.2 Å². The van der Waals surface area contributed by atoms with Gasteiger partial charge in [-0.3, -0.25) is 4.98 Å². The lowest BCUT2D eigenvalue weighted by Gasteiger charge is -2.10. The molecule has 7 heteroatoms. The lowest BCUT2D eigenvalue weighted by molar-refractivity contribution is -0.137. The molecule has 0 saturated heterocycles. The number of benzene rings is 1. The van der Waals surface area contributed by atoms with Crippen molar-refractivity contribution in [1.82, 2.24) is 10.3 Å². The summed E-state index contributed by atoms with van der Waals surface area (Å²) < 4.78 is 43.3. The van der Waals surface area contributed by atoms with E-state index in [1.807, 2.05) is 6.92 Å². The van der Waals surface area contributed by atoms with E-state index in [-0.39, 0.29) is 5.75 Å². The number of pyridine rings is 1. The summed E-state index contributed by atoms with van der Waals surface area (Å²) in [4.78, 5) is 15.1. The van der Waals surface area contributed by atoms with Crippen LogP contribution in [0.25, 0.3) is 11.1 Å². The molecule has 1 amide bonds. The molecule has 1 aromatic carbocycles.